The zero-order chi connectivity index (χ0) is 26.6. The third kappa shape index (κ3) is 8.91. The van der Waals surface area contributed by atoms with Gasteiger partial charge in [-0.25, -0.2) is 9.11 Å². The van der Waals surface area contributed by atoms with Crippen molar-refractivity contribution >= 4 is 29.5 Å². The molecule has 0 radical (unpaired) electrons. The van der Waals surface area contributed by atoms with Crippen molar-refractivity contribution in [3.63, 3.8) is 0 Å². The molecule has 2 rings (SSSR count). The molecule has 0 saturated carbocycles. The SMILES string of the molecule is O=c1[nH]c(=O)n(C2OC(COP(=O)([O-])OP(=O)([O-])OP(=O)([O-])[O-])C(O)C2O)cc1/C=C/CNCO. The third-order valence-corrected chi connectivity index (χ3v) is 7.74. The van der Waals surface area contributed by atoms with Crippen LogP contribution in [-0.2, 0) is 31.6 Å². The lowest BCUT2D eigenvalue weighted by molar-refractivity contribution is -0.339. The van der Waals surface area contributed by atoms with E-state index < -0.39 is 65.9 Å². The second kappa shape index (κ2) is 11.8. The molecule has 200 valence electrons. The van der Waals surface area contributed by atoms with E-state index in [9.17, 15) is 53.1 Å². The van der Waals surface area contributed by atoms with E-state index in [1.54, 1.807) is 0 Å². The molecule has 1 saturated heterocycles. The van der Waals surface area contributed by atoms with E-state index in [4.69, 9.17) is 9.84 Å². The van der Waals surface area contributed by atoms with Crippen molar-refractivity contribution in [2.75, 3.05) is 19.9 Å². The van der Waals surface area contributed by atoms with E-state index in [0.717, 1.165) is 6.20 Å². The van der Waals surface area contributed by atoms with Gasteiger partial charge in [0.05, 0.1) is 26.7 Å². The average molecular weight is 565 g/mol. The van der Waals surface area contributed by atoms with Gasteiger partial charge in [-0.05, 0) is 0 Å². The van der Waals surface area contributed by atoms with Crippen LogP contribution in [0.5, 0.6) is 0 Å². The summed E-state index contributed by atoms with van der Waals surface area (Å²) in [5, 5.41) is 31.5. The minimum absolute atomic E-state index is 0.105. The molecule has 0 aromatic carbocycles. The van der Waals surface area contributed by atoms with Crippen LogP contribution in [0.1, 0.15) is 11.8 Å². The Balaban J connectivity index is 2.14. The van der Waals surface area contributed by atoms with Gasteiger partial charge in [0.25, 0.3) is 21.2 Å². The highest BCUT2D eigenvalue weighted by molar-refractivity contribution is 7.64. The summed E-state index contributed by atoms with van der Waals surface area (Å²) in [5.41, 5.74) is -2.01. The molecule has 0 aliphatic carbocycles. The largest absolute Gasteiger partial charge is 0.790 e. The normalized spacial score (nSPS) is 26.6. The summed E-state index contributed by atoms with van der Waals surface area (Å²) in [4.78, 5) is 69.5. The molecule has 35 heavy (non-hydrogen) atoms. The molecule has 1 aromatic rings. The lowest BCUT2D eigenvalue weighted by Gasteiger charge is -2.37. The van der Waals surface area contributed by atoms with E-state index in [0.29, 0.717) is 4.57 Å². The van der Waals surface area contributed by atoms with E-state index in [1.165, 1.54) is 12.2 Å². The first kappa shape index (κ1) is 29.9. The first-order chi connectivity index (χ1) is 16.1. The van der Waals surface area contributed by atoms with Gasteiger partial charge in [0.2, 0.25) is 0 Å². The summed E-state index contributed by atoms with van der Waals surface area (Å²) in [5.74, 6) is 0. The highest BCUT2D eigenvalue weighted by Gasteiger charge is 2.45. The number of hydrogen-bond acceptors (Lipinski definition) is 17. The van der Waals surface area contributed by atoms with Crippen molar-refractivity contribution in [3.8, 4) is 0 Å². The summed E-state index contributed by atoms with van der Waals surface area (Å²) in [7, 11) is -18.3. The minimum Gasteiger partial charge on any atom is -0.790 e. The molecule has 6 atom stereocenters. The quantitative estimate of drug-likeness (QED) is 0.0896. The Morgan fingerprint density at radius 2 is 1.77 bits per heavy atom. The van der Waals surface area contributed by atoms with Crippen LogP contribution in [0.2, 0.25) is 0 Å². The topological polar surface area (TPSA) is 308 Å². The van der Waals surface area contributed by atoms with Crippen LogP contribution in [0.3, 0.4) is 0 Å². The highest BCUT2D eigenvalue weighted by Crippen LogP contribution is 2.60. The minimum atomic E-state index is -6.21. The van der Waals surface area contributed by atoms with Crippen LogP contribution in [0, 0.1) is 0 Å². The number of hydrogen-bond donors (Lipinski definition) is 5. The molecule has 22 heteroatoms. The van der Waals surface area contributed by atoms with Gasteiger partial charge in [-0.15, -0.1) is 0 Å². The maximum Gasteiger partial charge on any atom is 0.330 e. The Bertz CT molecular complexity index is 1180. The molecule has 0 amide bonds. The predicted molar refractivity (Wildman–Crippen MR) is 102 cm³/mol. The molecule has 0 bridgehead atoms. The number of nitrogens with zero attached hydrogens (tertiary/aromatic N) is 1. The fraction of sp³-hybridized carbons (Fsp3) is 0.538. The molecule has 1 fully saturated rings. The number of nitrogens with one attached hydrogen (secondary N) is 2. The molecule has 2 heterocycles. The van der Waals surface area contributed by atoms with E-state index in [1.807, 2.05) is 4.98 Å². The van der Waals surface area contributed by atoms with Crippen molar-refractivity contribution in [1.29, 1.82) is 0 Å². The Hall–Kier alpha value is -1.37. The van der Waals surface area contributed by atoms with Crippen molar-refractivity contribution in [2.45, 2.75) is 24.5 Å². The molecule has 1 aliphatic rings. The van der Waals surface area contributed by atoms with Gasteiger partial charge < -0.3 is 48.7 Å². The van der Waals surface area contributed by atoms with Crippen molar-refractivity contribution in [2.24, 2.45) is 0 Å². The number of aliphatic hydroxyl groups excluding tert-OH is 3. The van der Waals surface area contributed by atoms with Gasteiger partial charge in [-0.3, -0.25) is 33.1 Å². The maximum atomic E-state index is 12.2. The van der Waals surface area contributed by atoms with Crippen molar-refractivity contribution < 1.29 is 66.5 Å². The fourth-order valence-electron chi connectivity index (χ4n) is 2.69. The number of aliphatic hydroxyl groups is 3. The Morgan fingerprint density at radius 3 is 2.37 bits per heavy atom. The van der Waals surface area contributed by atoms with Gasteiger partial charge in [0.15, 0.2) is 6.23 Å². The average Bonchev–Trinajstić information content (AvgIpc) is 2.97. The molecule has 0 spiro atoms. The van der Waals surface area contributed by atoms with Crippen molar-refractivity contribution in [1.82, 2.24) is 14.9 Å². The molecule has 1 aromatic heterocycles. The molecule has 19 nitrogen and oxygen atoms in total. The first-order valence-electron chi connectivity index (χ1n) is 9.12. The Morgan fingerprint density at radius 1 is 1.11 bits per heavy atom. The Labute approximate surface area is 194 Å². The number of aromatic nitrogens is 2. The molecule has 5 N–H and O–H groups in total. The second-order valence-electron chi connectivity index (χ2n) is 6.61. The smallest absolute Gasteiger partial charge is 0.330 e. The molecule has 1 aliphatic heterocycles. The zero-order valence-electron chi connectivity index (χ0n) is 17.1. The molecular formula is C13H18N3O16P3-4. The van der Waals surface area contributed by atoms with E-state index >= 15 is 0 Å². The van der Waals surface area contributed by atoms with Crippen LogP contribution < -0.4 is 36.1 Å². The van der Waals surface area contributed by atoms with Crippen molar-refractivity contribution in [3.05, 3.63) is 38.7 Å². The lowest BCUT2D eigenvalue weighted by Crippen LogP contribution is -2.38. The van der Waals surface area contributed by atoms with Gasteiger partial charge in [-0.1, -0.05) is 12.2 Å². The monoisotopic (exact) mass is 565 g/mol. The highest BCUT2D eigenvalue weighted by atomic mass is 31.3. The fourth-order valence-corrected chi connectivity index (χ4v) is 5.55. The van der Waals surface area contributed by atoms with Crippen LogP contribution >= 0.6 is 23.5 Å². The zero-order valence-corrected chi connectivity index (χ0v) is 19.8. The maximum absolute atomic E-state index is 12.2. The second-order valence-corrected chi connectivity index (χ2v) is 10.9. The van der Waals surface area contributed by atoms with Gasteiger partial charge >= 0.3 is 5.69 Å². The standard InChI is InChI=1S/C13H22N3O16P3/c17-6-14-3-1-2-7-4-16(13(21)15-11(7)20)12-10(19)9(18)8(30-12)5-29-34(25,26)32-35(27,28)31-33(22,23)24/h1-2,4,8-10,12,14,17-19H,3,5-6H2,(H,25,26)(H,27,28)(H,15,20,21)(H2,22,23,24)/p-4/b2-1+. The van der Waals surface area contributed by atoms with Gasteiger partial charge in [0.1, 0.15) is 18.3 Å². The van der Waals surface area contributed by atoms with Gasteiger partial charge in [-0.2, -0.15) is 0 Å². The van der Waals surface area contributed by atoms with Crippen LogP contribution in [0.25, 0.3) is 6.08 Å². The molecular weight excluding hydrogens is 547 g/mol. The summed E-state index contributed by atoms with van der Waals surface area (Å²) in [6, 6.07) is 0. The van der Waals surface area contributed by atoms with Crippen LogP contribution in [0.4, 0.5) is 0 Å². The number of H-pyrrole nitrogens is 1. The lowest BCUT2D eigenvalue weighted by atomic mass is 10.1. The number of phosphoric ester groups is 1. The predicted octanol–water partition coefficient (Wildman–Crippen LogP) is -5.48. The van der Waals surface area contributed by atoms with Crippen LogP contribution in [-0.4, -0.2) is 63.1 Å². The van der Waals surface area contributed by atoms with Gasteiger partial charge in [0, 0.05) is 12.7 Å². The first-order valence-corrected chi connectivity index (χ1v) is 13.5. The summed E-state index contributed by atoms with van der Waals surface area (Å²) in [6.07, 6.45) is -3.57. The number of aromatic amines is 1. The number of phosphoric acid groups is 3. The number of rotatable bonds is 12. The summed E-state index contributed by atoms with van der Waals surface area (Å²) >= 11 is 0. The third-order valence-electron chi connectivity index (χ3n) is 4.08. The van der Waals surface area contributed by atoms with E-state index in [-0.39, 0.29) is 18.8 Å². The van der Waals surface area contributed by atoms with Crippen LogP contribution in [0.15, 0.2) is 21.9 Å². The summed E-state index contributed by atoms with van der Waals surface area (Å²) < 4.78 is 49.5. The van der Waals surface area contributed by atoms with E-state index in [2.05, 4.69) is 18.5 Å². The summed E-state index contributed by atoms with van der Waals surface area (Å²) in [6.45, 7) is -1.41. The Kier molecular flexibility index (Phi) is 10.1. The molecule has 6 unspecified atom stereocenters. The number of ether oxygens (including phenoxy) is 1.